The summed E-state index contributed by atoms with van der Waals surface area (Å²) in [6, 6.07) is 1.94. The first-order valence-electron chi connectivity index (χ1n) is 4.54. The molecule has 2 heterocycles. The molecule has 0 saturated carbocycles. The zero-order valence-electron chi connectivity index (χ0n) is 8.54. The van der Waals surface area contributed by atoms with Gasteiger partial charge in [-0.25, -0.2) is 0 Å². The molecule has 4 nitrogen and oxygen atoms in total. The maximum absolute atomic E-state index is 11.0. The summed E-state index contributed by atoms with van der Waals surface area (Å²) < 4.78 is 15.1. The number of ether oxygens (including phenoxy) is 3. The highest BCUT2D eigenvalue weighted by Gasteiger charge is 2.21. The average Bonchev–Trinajstić information content (AvgIpc) is 2.95. The van der Waals surface area contributed by atoms with Crippen LogP contribution >= 0.6 is 23.1 Å². The number of thioether (sulfide) groups is 1. The molecule has 1 aliphatic rings. The van der Waals surface area contributed by atoms with E-state index in [0.29, 0.717) is 5.75 Å². The lowest BCUT2D eigenvalue weighted by Gasteiger charge is -2.10. The predicted octanol–water partition coefficient (Wildman–Crippen LogP) is 2.53. The van der Waals surface area contributed by atoms with Crippen molar-refractivity contribution in [3.63, 3.8) is 0 Å². The number of rotatable bonds is 4. The average molecular weight is 258 g/mol. The molecule has 1 aromatic heterocycles. The van der Waals surface area contributed by atoms with Crippen molar-refractivity contribution >= 4 is 29.1 Å². The number of thiophene rings is 1. The van der Waals surface area contributed by atoms with Gasteiger partial charge in [-0.05, 0) is 11.4 Å². The largest absolute Gasteiger partial charge is 0.468 e. The molecule has 0 atom stereocenters. The van der Waals surface area contributed by atoms with Crippen molar-refractivity contribution in [3.05, 3.63) is 28.8 Å². The highest BCUT2D eigenvalue weighted by molar-refractivity contribution is 8.00. The predicted molar refractivity (Wildman–Crippen MR) is 61.1 cm³/mol. The fourth-order valence-electron chi connectivity index (χ4n) is 1.16. The van der Waals surface area contributed by atoms with E-state index >= 15 is 0 Å². The van der Waals surface area contributed by atoms with Crippen molar-refractivity contribution in [1.29, 1.82) is 0 Å². The minimum atomic E-state index is -0.375. The van der Waals surface area contributed by atoms with Gasteiger partial charge in [0, 0.05) is 4.90 Å². The fraction of sp³-hybridized carbons (Fsp3) is 0.300. The van der Waals surface area contributed by atoms with Crippen molar-refractivity contribution in [2.45, 2.75) is 11.2 Å². The van der Waals surface area contributed by atoms with Crippen LogP contribution in [0.15, 0.2) is 28.9 Å². The van der Waals surface area contributed by atoms with Crippen LogP contribution < -0.4 is 0 Å². The summed E-state index contributed by atoms with van der Waals surface area (Å²) in [5.41, 5.74) is 0. The third-order valence-electron chi connectivity index (χ3n) is 1.90. The summed E-state index contributed by atoms with van der Waals surface area (Å²) in [7, 11) is 1.38. The number of hydrogen-bond acceptors (Lipinski definition) is 6. The Morgan fingerprint density at radius 1 is 1.56 bits per heavy atom. The molecule has 0 spiro atoms. The molecule has 16 heavy (non-hydrogen) atoms. The van der Waals surface area contributed by atoms with Crippen LogP contribution in [0.1, 0.15) is 11.2 Å². The van der Waals surface area contributed by atoms with Crippen LogP contribution in [-0.4, -0.2) is 18.8 Å². The van der Waals surface area contributed by atoms with Gasteiger partial charge in [0.25, 0.3) is 6.29 Å². The SMILES string of the molecule is COC(=O)CSc1ccsc1C1OC=CO1. The zero-order valence-corrected chi connectivity index (χ0v) is 10.2. The highest BCUT2D eigenvalue weighted by atomic mass is 32.2. The Balaban J connectivity index is 1.99. The molecule has 0 unspecified atom stereocenters. The van der Waals surface area contributed by atoms with Gasteiger partial charge in [0.2, 0.25) is 0 Å². The van der Waals surface area contributed by atoms with Crippen molar-refractivity contribution in [2.75, 3.05) is 12.9 Å². The van der Waals surface area contributed by atoms with Gasteiger partial charge in [0.15, 0.2) is 0 Å². The first-order valence-corrected chi connectivity index (χ1v) is 6.40. The van der Waals surface area contributed by atoms with Crippen LogP contribution in [0.3, 0.4) is 0 Å². The van der Waals surface area contributed by atoms with Crippen molar-refractivity contribution in [2.24, 2.45) is 0 Å². The number of hydrogen-bond donors (Lipinski definition) is 0. The number of carbonyl (C=O) groups excluding carboxylic acids is 1. The third-order valence-corrected chi connectivity index (χ3v) is 4.02. The van der Waals surface area contributed by atoms with Crippen molar-refractivity contribution in [1.82, 2.24) is 0 Å². The normalized spacial score (nSPS) is 14.6. The van der Waals surface area contributed by atoms with Gasteiger partial charge in [-0.1, -0.05) is 0 Å². The van der Waals surface area contributed by atoms with Crippen LogP contribution in [0.4, 0.5) is 0 Å². The minimum Gasteiger partial charge on any atom is -0.468 e. The second kappa shape index (κ2) is 5.27. The molecule has 0 amide bonds. The van der Waals surface area contributed by atoms with E-state index in [9.17, 15) is 4.79 Å². The highest BCUT2D eigenvalue weighted by Crippen LogP contribution is 2.36. The number of esters is 1. The summed E-state index contributed by atoms with van der Waals surface area (Å²) in [5, 5.41) is 1.94. The van der Waals surface area contributed by atoms with Gasteiger partial charge < -0.3 is 14.2 Å². The summed E-state index contributed by atoms with van der Waals surface area (Å²) in [6.45, 7) is 0. The molecule has 6 heteroatoms. The fourth-order valence-corrected chi connectivity index (χ4v) is 3.12. The van der Waals surface area contributed by atoms with Crippen LogP contribution in [0.25, 0.3) is 0 Å². The van der Waals surface area contributed by atoms with Crippen LogP contribution in [0.2, 0.25) is 0 Å². The smallest absolute Gasteiger partial charge is 0.315 e. The molecule has 86 valence electrons. The standard InChI is InChI=1S/C10H10O4S2/c1-12-8(11)6-16-7-2-5-15-9(7)10-13-3-4-14-10/h2-5,10H,6H2,1H3. The first-order chi connectivity index (χ1) is 7.81. The molecule has 1 aliphatic heterocycles. The summed E-state index contributed by atoms with van der Waals surface area (Å²) in [5.74, 6) is 0.0499. The minimum absolute atomic E-state index is 0.242. The molecule has 0 saturated heterocycles. The Labute approximate surface area is 101 Å². The van der Waals surface area contributed by atoms with Gasteiger partial charge in [0.1, 0.15) is 12.5 Å². The molecular weight excluding hydrogens is 248 g/mol. The molecule has 0 aliphatic carbocycles. The number of methoxy groups -OCH3 is 1. The van der Waals surface area contributed by atoms with Crippen LogP contribution in [0, 0.1) is 0 Å². The second-order valence-corrected chi connectivity index (χ2v) is 4.86. The van der Waals surface area contributed by atoms with Crippen LogP contribution in [0.5, 0.6) is 0 Å². The van der Waals surface area contributed by atoms with Gasteiger partial charge in [0.05, 0.1) is 17.7 Å². The lowest BCUT2D eigenvalue weighted by molar-refractivity contribution is -0.137. The summed E-state index contributed by atoms with van der Waals surface area (Å²) in [4.78, 5) is 13.0. The lowest BCUT2D eigenvalue weighted by atomic mass is 10.4. The topological polar surface area (TPSA) is 44.8 Å². The maximum atomic E-state index is 11.0. The number of carbonyl (C=O) groups is 1. The Kier molecular flexibility index (Phi) is 3.74. The van der Waals surface area contributed by atoms with E-state index in [-0.39, 0.29) is 12.3 Å². The molecular formula is C10H10O4S2. The second-order valence-electron chi connectivity index (χ2n) is 2.89. The molecule has 0 N–H and O–H groups in total. The summed E-state index contributed by atoms with van der Waals surface area (Å²) in [6.07, 6.45) is 2.65. The molecule has 1 aromatic rings. The van der Waals surface area contributed by atoms with Crippen molar-refractivity contribution < 1.29 is 19.0 Å². The van der Waals surface area contributed by atoms with E-state index in [1.54, 1.807) is 11.3 Å². The zero-order chi connectivity index (χ0) is 11.4. The Morgan fingerprint density at radius 3 is 3.00 bits per heavy atom. The summed E-state index contributed by atoms with van der Waals surface area (Å²) >= 11 is 2.96. The molecule has 0 bridgehead atoms. The van der Waals surface area contributed by atoms with E-state index < -0.39 is 0 Å². The monoisotopic (exact) mass is 258 g/mol. The van der Waals surface area contributed by atoms with E-state index in [0.717, 1.165) is 9.77 Å². The molecule has 2 rings (SSSR count). The first kappa shape index (κ1) is 11.3. The Bertz CT molecular complexity index is 391. The van der Waals surface area contributed by atoms with E-state index in [2.05, 4.69) is 4.74 Å². The van der Waals surface area contributed by atoms with Gasteiger partial charge >= 0.3 is 5.97 Å². The van der Waals surface area contributed by atoms with Gasteiger partial charge in [-0.15, -0.1) is 23.1 Å². The lowest BCUT2D eigenvalue weighted by Crippen LogP contribution is -2.03. The maximum Gasteiger partial charge on any atom is 0.315 e. The Hall–Kier alpha value is -1.14. The molecule has 0 aromatic carbocycles. The van der Waals surface area contributed by atoms with Gasteiger partial charge in [-0.2, -0.15) is 0 Å². The molecule has 0 fully saturated rings. The van der Waals surface area contributed by atoms with E-state index in [4.69, 9.17) is 9.47 Å². The van der Waals surface area contributed by atoms with Crippen LogP contribution in [-0.2, 0) is 19.0 Å². The quantitative estimate of drug-likeness (QED) is 0.613. The van der Waals surface area contributed by atoms with Gasteiger partial charge in [-0.3, -0.25) is 4.79 Å². The van der Waals surface area contributed by atoms with E-state index in [1.165, 1.54) is 31.4 Å². The van der Waals surface area contributed by atoms with Crippen molar-refractivity contribution in [3.8, 4) is 0 Å². The Morgan fingerprint density at radius 2 is 2.31 bits per heavy atom. The van der Waals surface area contributed by atoms with E-state index in [1.807, 2.05) is 11.4 Å². The third kappa shape index (κ3) is 2.51. The molecule has 0 radical (unpaired) electrons.